The predicted molar refractivity (Wildman–Crippen MR) is 69.7 cm³/mol. The maximum absolute atomic E-state index is 5.48. The van der Waals surface area contributed by atoms with E-state index < -0.39 is 0 Å². The van der Waals surface area contributed by atoms with Gasteiger partial charge in [0.05, 0.1) is 7.11 Å². The highest BCUT2D eigenvalue weighted by Gasteiger charge is 2.26. The number of fused-ring (bicyclic) bond motifs is 1. The van der Waals surface area contributed by atoms with Crippen LogP contribution in [0.25, 0.3) is 0 Å². The third-order valence-electron chi connectivity index (χ3n) is 4.04. The van der Waals surface area contributed by atoms with Crippen molar-refractivity contribution in [1.29, 1.82) is 0 Å². The summed E-state index contributed by atoms with van der Waals surface area (Å²) >= 11 is 0. The van der Waals surface area contributed by atoms with E-state index in [1.165, 1.54) is 43.2 Å². The van der Waals surface area contributed by atoms with Crippen LogP contribution in [0, 0.1) is 0 Å². The van der Waals surface area contributed by atoms with E-state index in [-0.39, 0.29) is 0 Å². The molecule has 17 heavy (non-hydrogen) atoms. The summed E-state index contributed by atoms with van der Waals surface area (Å²) in [4.78, 5) is 0. The Morgan fingerprint density at radius 1 is 1.29 bits per heavy atom. The number of hydrogen-bond donors (Lipinski definition) is 1. The first kappa shape index (κ1) is 11.1. The first-order valence-electron chi connectivity index (χ1n) is 6.77. The third-order valence-corrected chi connectivity index (χ3v) is 4.04. The summed E-state index contributed by atoms with van der Waals surface area (Å²) in [6.07, 6.45) is 6.54. The van der Waals surface area contributed by atoms with Crippen molar-refractivity contribution in [1.82, 2.24) is 5.32 Å². The van der Waals surface area contributed by atoms with Gasteiger partial charge in [-0.3, -0.25) is 0 Å². The number of hydrogen-bond acceptors (Lipinski definition) is 2. The fraction of sp³-hybridized carbons (Fsp3) is 0.600. The van der Waals surface area contributed by atoms with Gasteiger partial charge in [0.1, 0.15) is 5.75 Å². The van der Waals surface area contributed by atoms with Gasteiger partial charge in [0, 0.05) is 12.6 Å². The van der Waals surface area contributed by atoms with Gasteiger partial charge in [-0.05, 0) is 55.2 Å². The molecule has 0 bridgehead atoms. The van der Waals surface area contributed by atoms with Crippen LogP contribution >= 0.6 is 0 Å². The monoisotopic (exact) mass is 231 g/mol. The molecule has 0 radical (unpaired) electrons. The summed E-state index contributed by atoms with van der Waals surface area (Å²) < 4.78 is 5.48. The van der Waals surface area contributed by atoms with Crippen molar-refractivity contribution in [3.8, 4) is 5.75 Å². The Hall–Kier alpha value is -1.02. The average Bonchev–Trinajstić information content (AvgIpc) is 3.19. The zero-order valence-electron chi connectivity index (χ0n) is 10.5. The minimum absolute atomic E-state index is 0.689. The van der Waals surface area contributed by atoms with Gasteiger partial charge >= 0.3 is 0 Å². The molecule has 1 aromatic carbocycles. The molecule has 3 rings (SSSR count). The lowest BCUT2D eigenvalue weighted by Gasteiger charge is -2.27. The lowest BCUT2D eigenvalue weighted by Crippen LogP contribution is -2.26. The van der Waals surface area contributed by atoms with Crippen LogP contribution in [0.1, 0.15) is 42.7 Å². The molecule has 2 heteroatoms. The fourth-order valence-electron chi connectivity index (χ4n) is 2.91. The highest BCUT2D eigenvalue weighted by Crippen LogP contribution is 2.36. The molecule has 1 N–H and O–H groups in total. The molecular formula is C15H21NO. The van der Waals surface area contributed by atoms with Crippen LogP contribution in [0.3, 0.4) is 0 Å². The van der Waals surface area contributed by atoms with Gasteiger partial charge in [0.2, 0.25) is 0 Å². The molecule has 1 unspecified atom stereocenters. The summed E-state index contributed by atoms with van der Waals surface area (Å²) in [6.45, 7) is 1.14. The molecule has 0 saturated heterocycles. The van der Waals surface area contributed by atoms with Crippen LogP contribution in [0.2, 0.25) is 0 Å². The predicted octanol–water partition coefficient (Wildman–Crippen LogP) is 2.87. The normalized spacial score (nSPS) is 23.2. The van der Waals surface area contributed by atoms with E-state index in [1.807, 2.05) is 0 Å². The Bertz CT molecular complexity index is 398. The van der Waals surface area contributed by atoms with Crippen molar-refractivity contribution < 1.29 is 4.74 Å². The number of nitrogens with one attached hydrogen (secondary N) is 1. The molecule has 0 aliphatic heterocycles. The number of methoxy groups -OCH3 is 1. The molecule has 1 saturated carbocycles. The molecule has 0 heterocycles. The largest absolute Gasteiger partial charge is 0.496 e. The van der Waals surface area contributed by atoms with Gasteiger partial charge in [-0.1, -0.05) is 12.1 Å². The molecule has 0 spiro atoms. The minimum atomic E-state index is 0.689. The van der Waals surface area contributed by atoms with Gasteiger partial charge in [0.25, 0.3) is 0 Å². The van der Waals surface area contributed by atoms with E-state index in [0.717, 1.165) is 18.3 Å². The molecule has 2 nitrogen and oxygen atoms in total. The van der Waals surface area contributed by atoms with E-state index in [2.05, 4.69) is 23.5 Å². The smallest absolute Gasteiger partial charge is 0.122 e. The van der Waals surface area contributed by atoms with Crippen LogP contribution in [-0.4, -0.2) is 19.7 Å². The molecule has 1 fully saturated rings. The lowest BCUT2D eigenvalue weighted by molar-refractivity contribution is 0.401. The van der Waals surface area contributed by atoms with E-state index in [0.29, 0.717) is 5.92 Å². The zero-order valence-corrected chi connectivity index (χ0v) is 10.5. The van der Waals surface area contributed by atoms with Crippen LogP contribution in [-0.2, 0) is 6.42 Å². The van der Waals surface area contributed by atoms with Crippen molar-refractivity contribution >= 4 is 0 Å². The number of benzene rings is 1. The number of ether oxygens (including phenoxy) is 1. The van der Waals surface area contributed by atoms with Crippen molar-refractivity contribution in [2.24, 2.45) is 0 Å². The zero-order chi connectivity index (χ0) is 11.7. The lowest BCUT2D eigenvalue weighted by atomic mass is 9.82. The third kappa shape index (κ3) is 2.32. The Morgan fingerprint density at radius 3 is 2.94 bits per heavy atom. The first-order valence-corrected chi connectivity index (χ1v) is 6.77. The quantitative estimate of drug-likeness (QED) is 0.860. The van der Waals surface area contributed by atoms with Gasteiger partial charge in [-0.15, -0.1) is 0 Å². The van der Waals surface area contributed by atoms with E-state index in [1.54, 1.807) is 7.11 Å². The Morgan fingerprint density at radius 2 is 2.18 bits per heavy atom. The van der Waals surface area contributed by atoms with Crippen molar-refractivity contribution in [3.05, 3.63) is 29.3 Å². The second-order valence-electron chi connectivity index (χ2n) is 5.30. The van der Waals surface area contributed by atoms with Crippen LogP contribution < -0.4 is 10.1 Å². The van der Waals surface area contributed by atoms with Gasteiger partial charge < -0.3 is 10.1 Å². The van der Waals surface area contributed by atoms with E-state index >= 15 is 0 Å². The summed E-state index contributed by atoms with van der Waals surface area (Å²) in [5.74, 6) is 1.77. The second-order valence-corrected chi connectivity index (χ2v) is 5.30. The molecule has 0 aromatic heterocycles. The van der Waals surface area contributed by atoms with Gasteiger partial charge in [-0.2, -0.15) is 0 Å². The highest BCUT2D eigenvalue weighted by molar-refractivity contribution is 5.43. The Labute approximate surface area is 103 Å². The molecule has 92 valence electrons. The second kappa shape index (κ2) is 4.69. The summed E-state index contributed by atoms with van der Waals surface area (Å²) in [6, 6.07) is 7.32. The molecule has 0 amide bonds. The van der Waals surface area contributed by atoms with Crippen molar-refractivity contribution in [2.45, 2.75) is 44.1 Å². The Kier molecular flexibility index (Phi) is 3.06. The summed E-state index contributed by atoms with van der Waals surface area (Å²) in [7, 11) is 1.78. The molecule has 1 atom stereocenters. The van der Waals surface area contributed by atoms with Crippen molar-refractivity contribution in [2.75, 3.05) is 13.7 Å². The molecule has 2 aliphatic rings. The average molecular weight is 231 g/mol. The van der Waals surface area contributed by atoms with Gasteiger partial charge in [-0.25, -0.2) is 0 Å². The van der Waals surface area contributed by atoms with E-state index in [9.17, 15) is 0 Å². The fourth-order valence-corrected chi connectivity index (χ4v) is 2.91. The molecule has 1 aromatic rings. The topological polar surface area (TPSA) is 21.3 Å². The van der Waals surface area contributed by atoms with Gasteiger partial charge in [0.15, 0.2) is 0 Å². The van der Waals surface area contributed by atoms with E-state index in [4.69, 9.17) is 4.74 Å². The molecular weight excluding hydrogens is 210 g/mol. The maximum atomic E-state index is 5.48. The summed E-state index contributed by atoms with van der Waals surface area (Å²) in [5.41, 5.74) is 2.97. The molecule has 2 aliphatic carbocycles. The first-order chi connectivity index (χ1) is 8.38. The summed E-state index contributed by atoms with van der Waals surface area (Å²) in [5, 5.41) is 3.66. The van der Waals surface area contributed by atoms with Crippen LogP contribution in [0.4, 0.5) is 0 Å². The van der Waals surface area contributed by atoms with Crippen LogP contribution in [0.15, 0.2) is 18.2 Å². The Balaban J connectivity index is 1.79. The SMILES string of the molecule is COc1cccc2c1CCCC2CNC1CC1. The minimum Gasteiger partial charge on any atom is -0.496 e. The number of rotatable bonds is 4. The van der Waals surface area contributed by atoms with Crippen LogP contribution in [0.5, 0.6) is 5.75 Å². The maximum Gasteiger partial charge on any atom is 0.122 e. The standard InChI is InChI=1S/C15H21NO/c1-17-15-7-3-5-13-11(4-2-6-14(13)15)10-16-12-8-9-12/h3,5,7,11-12,16H,2,4,6,8-10H2,1H3. The highest BCUT2D eigenvalue weighted by atomic mass is 16.5. The van der Waals surface area contributed by atoms with Crippen molar-refractivity contribution in [3.63, 3.8) is 0 Å².